The van der Waals surface area contributed by atoms with E-state index in [0.29, 0.717) is 0 Å². The number of hydrogen-bond acceptors (Lipinski definition) is 1. The molecule has 0 aliphatic rings. The highest BCUT2D eigenvalue weighted by Crippen LogP contribution is 2.27. The first-order chi connectivity index (χ1) is 8.77. The first kappa shape index (κ1) is 13.7. The highest BCUT2D eigenvalue weighted by molar-refractivity contribution is 5.85. The van der Waals surface area contributed by atoms with Crippen molar-refractivity contribution in [2.75, 3.05) is 0 Å². The zero-order valence-corrected chi connectivity index (χ0v) is 11.6. The van der Waals surface area contributed by atoms with Crippen LogP contribution >= 0.6 is 12.4 Å². The van der Waals surface area contributed by atoms with Crippen LogP contribution in [0.25, 0.3) is 10.9 Å². The number of aryl methyl sites for hydroxylation is 1. The van der Waals surface area contributed by atoms with E-state index < -0.39 is 0 Å². The van der Waals surface area contributed by atoms with Crippen LogP contribution in [-0.4, -0.2) is 4.57 Å². The second-order valence-corrected chi connectivity index (χ2v) is 4.60. The Bertz CT molecular complexity index is 674. The van der Waals surface area contributed by atoms with Crippen molar-refractivity contribution in [1.82, 2.24) is 4.57 Å². The van der Waals surface area contributed by atoms with Crippen molar-refractivity contribution in [2.45, 2.75) is 6.04 Å². The monoisotopic (exact) mass is 272 g/mol. The summed E-state index contributed by atoms with van der Waals surface area (Å²) in [5, 5.41) is 1.24. The first-order valence-corrected chi connectivity index (χ1v) is 6.12. The minimum absolute atomic E-state index is 0. The Morgan fingerprint density at radius 3 is 2.42 bits per heavy atom. The van der Waals surface area contributed by atoms with E-state index in [1.54, 1.807) is 0 Å². The van der Waals surface area contributed by atoms with Gasteiger partial charge in [-0.1, -0.05) is 48.5 Å². The topological polar surface area (TPSA) is 30.9 Å². The Hall–Kier alpha value is -1.77. The third kappa shape index (κ3) is 2.37. The van der Waals surface area contributed by atoms with Crippen LogP contribution in [0.4, 0.5) is 0 Å². The predicted molar refractivity (Wildman–Crippen MR) is 82.6 cm³/mol. The summed E-state index contributed by atoms with van der Waals surface area (Å²) < 4.78 is 2.13. The molecule has 0 amide bonds. The van der Waals surface area contributed by atoms with Crippen LogP contribution < -0.4 is 5.73 Å². The maximum Gasteiger partial charge on any atom is 0.0572 e. The molecule has 2 N–H and O–H groups in total. The number of benzene rings is 2. The van der Waals surface area contributed by atoms with Crippen molar-refractivity contribution in [2.24, 2.45) is 12.8 Å². The largest absolute Gasteiger partial charge is 0.350 e. The van der Waals surface area contributed by atoms with Gasteiger partial charge in [0.15, 0.2) is 0 Å². The Labute approximate surface area is 119 Å². The zero-order chi connectivity index (χ0) is 12.5. The molecule has 0 saturated carbocycles. The molecule has 0 aliphatic carbocycles. The van der Waals surface area contributed by atoms with Crippen molar-refractivity contribution in [3.8, 4) is 0 Å². The summed E-state index contributed by atoms with van der Waals surface area (Å²) in [6.45, 7) is 0. The van der Waals surface area contributed by atoms with Gasteiger partial charge in [0, 0.05) is 13.2 Å². The van der Waals surface area contributed by atoms with Crippen LogP contribution in [-0.2, 0) is 7.05 Å². The molecule has 0 radical (unpaired) electrons. The van der Waals surface area contributed by atoms with Gasteiger partial charge >= 0.3 is 0 Å². The molecule has 98 valence electrons. The number of halogens is 1. The number of nitrogens with two attached hydrogens (primary N) is 1. The molecule has 0 bridgehead atoms. The number of aromatic nitrogens is 1. The highest BCUT2D eigenvalue weighted by atomic mass is 35.5. The molecule has 1 heterocycles. The fourth-order valence-electron chi connectivity index (χ4n) is 2.48. The summed E-state index contributed by atoms with van der Waals surface area (Å²) in [4.78, 5) is 0. The quantitative estimate of drug-likeness (QED) is 0.758. The minimum atomic E-state index is -0.0801. The molecule has 0 fully saturated rings. The number of hydrogen-bond donors (Lipinski definition) is 1. The number of rotatable bonds is 2. The summed E-state index contributed by atoms with van der Waals surface area (Å²) in [5.74, 6) is 0. The van der Waals surface area contributed by atoms with Gasteiger partial charge in [-0.3, -0.25) is 0 Å². The molecule has 19 heavy (non-hydrogen) atoms. The minimum Gasteiger partial charge on any atom is -0.350 e. The zero-order valence-electron chi connectivity index (χ0n) is 10.8. The Morgan fingerprint density at radius 2 is 1.68 bits per heavy atom. The molecule has 0 saturated heterocycles. The van der Waals surface area contributed by atoms with E-state index in [1.165, 1.54) is 16.5 Å². The van der Waals surface area contributed by atoms with Crippen LogP contribution in [0.5, 0.6) is 0 Å². The molecular weight excluding hydrogens is 256 g/mol. The average molecular weight is 273 g/mol. The second-order valence-electron chi connectivity index (χ2n) is 4.60. The van der Waals surface area contributed by atoms with Gasteiger partial charge in [-0.15, -0.1) is 12.4 Å². The Kier molecular flexibility index (Phi) is 3.93. The maximum absolute atomic E-state index is 6.40. The average Bonchev–Trinajstić information content (AvgIpc) is 2.81. The SMILES string of the molecule is Cl.Cn1ccc2cccc(C(N)c3ccccc3)c21. The summed E-state index contributed by atoms with van der Waals surface area (Å²) in [7, 11) is 2.06. The maximum atomic E-state index is 6.40. The van der Waals surface area contributed by atoms with E-state index in [9.17, 15) is 0 Å². The Balaban J connectivity index is 0.00000133. The van der Waals surface area contributed by atoms with E-state index in [0.717, 1.165) is 5.56 Å². The molecule has 2 nitrogen and oxygen atoms in total. The lowest BCUT2D eigenvalue weighted by molar-refractivity contribution is 0.861. The van der Waals surface area contributed by atoms with Crippen molar-refractivity contribution in [1.29, 1.82) is 0 Å². The van der Waals surface area contributed by atoms with E-state index >= 15 is 0 Å². The standard InChI is InChI=1S/C16H16N2.ClH/c1-18-11-10-13-8-5-9-14(16(13)18)15(17)12-6-3-2-4-7-12;/h2-11,15H,17H2,1H3;1H. The summed E-state index contributed by atoms with van der Waals surface area (Å²) >= 11 is 0. The van der Waals surface area contributed by atoms with Crippen LogP contribution in [0.15, 0.2) is 60.8 Å². The fourth-order valence-corrected chi connectivity index (χ4v) is 2.48. The molecule has 3 rings (SSSR count). The lowest BCUT2D eigenvalue weighted by Crippen LogP contribution is -2.12. The van der Waals surface area contributed by atoms with Crippen LogP contribution in [0.3, 0.4) is 0 Å². The van der Waals surface area contributed by atoms with Crippen molar-refractivity contribution < 1.29 is 0 Å². The third-order valence-corrected chi connectivity index (χ3v) is 3.42. The van der Waals surface area contributed by atoms with Crippen LogP contribution in [0.1, 0.15) is 17.2 Å². The van der Waals surface area contributed by atoms with Gasteiger partial charge in [0.05, 0.1) is 11.6 Å². The van der Waals surface area contributed by atoms with Gasteiger partial charge in [0.25, 0.3) is 0 Å². The van der Waals surface area contributed by atoms with Gasteiger partial charge in [0.1, 0.15) is 0 Å². The summed E-state index contributed by atoms with van der Waals surface area (Å²) in [6, 6.07) is 18.6. The molecule has 1 atom stereocenters. The fraction of sp³-hybridized carbons (Fsp3) is 0.125. The number of fused-ring (bicyclic) bond motifs is 1. The normalized spacial score (nSPS) is 12.1. The first-order valence-electron chi connectivity index (χ1n) is 6.12. The molecular formula is C16H17ClN2. The predicted octanol–water partition coefficient (Wildman–Crippen LogP) is 3.65. The second kappa shape index (κ2) is 5.47. The lowest BCUT2D eigenvalue weighted by atomic mass is 9.98. The molecule has 1 aromatic heterocycles. The van der Waals surface area contributed by atoms with Crippen LogP contribution in [0, 0.1) is 0 Å². The Morgan fingerprint density at radius 1 is 0.947 bits per heavy atom. The van der Waals surface area contributed by atoms with Gasteiger partial charge in [-0.2, -0.15) is 0 Å². The van der Waals surface area contributed by atoms with Gasteiger partial charge in [-0.25, -0.2) is 0 Å². The van der Waals surface area contributed by atoms with E-state index in [1.807, 2.05) is 18.2 Å². The highest BCUT2D eigenvalue weighted by Gasteiger charge is 2.13. The van der Waals surface area contributed by atoms with E-state index in [-0.39, 0.29) is 18.4 Å². The number of para-hydroxylation sites is 1. The number of nitrogens with zero attached hydrogens (tertiary/aromatic N) is 1. The smallest absolute Gasteiger partial charge is 0.0572 e. The molecule has 0 spiro atoms. The van der Waals surface area contributed by atoms with Gasteiger partial charge < -0.3 is 10.3 Å². The summed E-state index contributed by atoms with van der Waals surface area (Å²) in [5.41, 5.74) is 9.93. The van der Waals surface area contributed by atoms with Crippen molar-refractivity contribution in [3.05, 3.63) is 71.9 Å². The molecule has 1 unspecified atom stereocenters. The molecule has 3 aromatic rings. The third-order valence-electron chi connectivity index (χ3n) is 3.42. The molecule has 3 heteroatoms. The van der Waals surface area contributed by atoms with Gasteiger partial charge in [0.2, 0.25) is 0 Å². The molecule has 2 aromatic carbocycles. The van der Waals surface area contributed by atoms with E-state index in [2.05, 4.69) is 54.2 Å². The van der Waals surface area contributed by atoms with Crippen molar-refractivity contribution >= 4 is 23.3 Å². The molecule has 0 aliphatic heterocycles. The van der Waals surface area contributed by atoms with Gasteiger partial charge in [-0.05, 0) is 22.6 Å². The van der Waals surface area contributed by atoms with E-state index in [4.69, 9.17) is 5.73 Å². The van der Waals surface area contributed by atoms with Crippen LogP contribution in [0.2, 0.25) is 0 Å². The van der Waals surface area contributed by atoms with Crippen molar-refractivity contribution in [3.63, 3.8) is 0 Å². The summed E-state index contributed by atoms with van der Waals surface area (Å²) in [6.07, 6.45) is 2.08. The lowest BCUT2D eigenvalue weighted by Gasteiger charge is -2.15.